The normalized spacial score (nSPS) is 22.1. The molecule has 1 aromatic rings. The highest BCUT2D eigenvalue weighted by Gasteiger charge is 2.56. The van der Waals surface area contributed by atoms with Gasteiger partial charge in [-0.1, -0.05) is 0 Å². The van der Waals surface area contributed by atoms with Gasteiger partial charge in [-0.25, -0.2) is 4.79 Å². The van der Waals surface area contributed by atoms with Gasteiger partial charge in [-0.3, -0.25) is 9.69 Å². The van der Waals surface area contributed by atoms with Crippen LogP contribution in [0.15, 0.2) is 18.2 Å². The van der Waals surface area contributed by atoms with E-state index in [0.29, 0.717) is 17.2 Å². The van der Waals surface area contributed by atoms with Crippen molar-refractivity contribution in [1.29, 1.82) is 0 Å². The summed E-state index contributed by atoms with van der Waals surface area (Å²) in [6, 6.07) is 4.89. The first-order valence-electron chi connectivity index (χ1n) is 7.37. The lowest BCUT2D eigenvalue weighted by molar-refractivity contribution is -0.137. The maximum Gasteiger partial charge on any atom is 0.413 e. The highest BCUT2D eigenvalue weighted by atomic mass is 16.6. The van der Waals surface area contributed by atoms with Gasteiger partial charge in [-0.2, -0.15) is 0 Å². The summed E-state index contributed by atoms with van der Waals surface area (Å²) in [4.78, 5) is 25.1. The summed E-state index contributed by atoms with van der Waals surface area (Å²) in [7, 11) is 3.00. The van der Waals surface area contributed by atoms with E-state index in [4.69, 9.17) is 14.2 Å². The molecule has 1 aromatic carbocycles. The number of ether oxygens (including phenoxy) is 3. The first kappa shape index (κ1) is 17.9. The Morgan fingerprint density at radius 3 is 2.38 bits per heavy atom. The number of anilines is 1. The fourth-order valence-corrected chi connectivity index (χ4v) is 2.35. The van der Waals surface area contributed by atoms with Gasteiger partial charge in [0.1, 0.15) is 6.54 Å². The topological polar surface area (TPSA) is 97.3 Å². The quantitative estimate of drug-likeness (QED) is 0.846. The van der Waals surface area contributed by atoms with E-state index in [2.05, 4.69) is 5.32 Å². The van der Waals surface area contributed by atoms with Gasteiger partial charge < -0.3 is 24.6 Å². The largest absolute Gasteiger partial charge is 0.493 e. The second kappa shape index (κ2) is 6.20. The number of methoxy groups -OCH3 is 2. The Labute approximate surface area is 140 Å². The molecule has 2 N–H and O–H groups in total. The number of cyclic esters (lactones) is 1. The van der Waals surface area contributed by atoms with Gasteiger partial charge in [0.05, 0.1) is 14.2 Å². The minimum absolute atomic E-state index is 0.344. The maximum absolute atomic E-state index is 12.2. The number of carbonyl (C=O) groups excluding carboxylic acids is 2. The molecule has 2 amide bonds. The third-order valence-corrected chi connectivity index (χ3v) is 4.20. The zero-order valence-electron chi connectivity index (χ0n) is 14.4. The third-order valence-electron chi connectivity index (χ3n) is 4.20. The van der Waals surface area contributed by atoms with Crippen LogP contribution in [0.3, 0.4) is 0 Å². The van der Waals surface area contributed by atoms with Crippen LogP contribution in [0, 0.1) is 0 Å². The van der Waals surface area contributed by atoms with E-state index in [1.54, 1.807) is 32.0 Å². The molecule has 1 aliphatic heterocycles. The van der Waals surface area contributed by atoms with Gasteiger partial charge in [-0.05, 0) is 32.9 Å². The molecule has 132 valence electrons. The van der Waals surface area contributed by atoms with E-state index in [1.165, 1.54) is 21.1 Å². The van der Waals surface area contributed by atoms with Crippen LogP contribution in [0.2, 0.25) is 0 Å². The molecule has 1 fully saturated rings. The van der Waals surface area contributed by atoms with E-state index in [0.717, 1.165) is 4.90 Å². The Hall–Kier alpha value is -2.48. The van der Waals surface area contributed by atoms with Crippen LogP contribution in [0.4, 0.5) is 10.5 Å². The number of aliphatic hydroxyl groups is 1. The molecular formula is C16H22N2O6. The predicted molar refractivity (Wildman–Crippen MR) is 86.1 cm³/mol. The zero-order chi connectivity index (χ0) is 18.1. The van der Waals surface area contributed by atoms with Crippen molar-refractivity contribution in [3.63, 3.8) is 0 Å². The Morgan fingerprint density at radius 2 is 1.88 bits per heavy atom. The molecule has 1 saturated heterocycles. The van der Waals surface area contributed by atoms with Gasteiger partial charge in [0.2, 0.25) is 5.91 Å². The van der Waals surface area contributed by atoms with Crippen LogP contribution in [0.25, 0.3) is 0 Å². The molecule has 0 aliphatic carbocycles. The number of rotatable bonds is 5. The van der Waals surface area contributed by atoms with E-state index < -0.39 is 23.3 Å². The van der Waals surface area contributed by atoms with Crippen LogP contribution in [-0.4, -0.2) is 54.1 Å². The van der Waals surface area contributed by atoms with Crippen molar-refractivity contribution in [3.8, 4) is 11.5 Å². The summed E-state index contributed by atoms with van der Waals surface area (Å²) in [6.45, 7) is 4.25. The fraction of sp³-hybridized carbons (Fsp3) is 0.500. The molecule has 2 rings (SSSR count). The average Bonchev–Trinajstić information content (AvgIpc) is 2.65. The molecule has 0 spiro atoms. The van der Waals surface area contributed by atoms with Crippen molar-refractivity contribution in [2.75, 3.05) is 26.1 Å². The van der Waals surface area contributed by atoms with E-state index >= 15 is 0 Å². The summed E-state index contributed by atoms with van der Waals surface area (Å²) < 4.78 is 15.4. The molecule has 0 unspecified atom stereocenters. The summed E-state index contributed by atoms with van der Waals surface area (Å²) in [5, 5.41) is 13.1. The molecule has 0 bridgehead atoms. The SMILES string of the molecule is COc1ccc(NC(=O)CN2C(=O)OC(C)(C)[C@@]2(C)O)cc1OC. The van der Waals surface area contributed by atoms with E-state index in [1.807, 2.05) is 0 Å². The molecule has 1 atom stereocenters. The highest BCUT2D eigenvalue weighted by Crippen LogP contribution is 2.36. The van der Waals surface area contributed by atoms with Crippen LogP contribution in [-0.2, 0) is 9.53 Å². The molecule has 8 heteroatoms. The van der Waals surface area contributed by atoms with Gasteiger partial charge >= 0.3 is 6.09 Å². The standard InChI is InChI=1S/C16H22N2O6/c1-15(2)16(3,21)18(14(20)24-15)9-13(19)17-10-6-7-11(22-4)12(8-10)23-5/h6-8,21H,9H2,1-5H3,(H,17,19)/t16-/m1/s1. The number of nitrogens with one attached hydrogen (secondary N) is 1. The highest BCUT2D eigenvalue weighted by molar-refractivity contribution is 5.94. The average molecular weight is 338 g/mol. The monoisotopic (exact) mass is 338 g/mol. The van der Waals surface area contributed by atoms with Crippen LogP contribution in [0.5, 0.6) is 11.5 Å². The lowest BCUT2D eigenvalue weighted by atomic mass is 9.96. The minimum atomic E-state index is -1.60. The first-order chi connectivity index (χ1) is 11.1. The molecule has 0 saturated carbocycles. The maximum atomic E-state index is 12.2. The summed E-state index contributed by atoms with van der Waals surface area (Å²) in [6.07, 6.45) is -0.743. The Bertz CT molecular complexity index is 656. The summed E-state index contributed by atoms with van der Waals surface area (Å²) >= 11 is 0. The zero-order valence-corrected chi connectivity index (χ0v) is 14.4. The summed E-state index contributed by atoms with van der Waals surface area (Å²) in [5.74, 6) is 0.518. The predicted octanol–water partition coefficient (Wildman–Crippen LogP) is 1.58. The van der Waals surface area contributed by atoms with Crippen molar-refractivity contribution in [1.82, 2.24) is 4.90 Å². The number of hydrogen-bond acceptors (Lipinski definition) is 6. The molecule has 8 nitrogen and oxygen atoms in total. The second-order valence-electron chi connectivity index (χ2n) is 6.10. The Balaban J connectivity index is 2.10. The lowest BCUT2D eigenvalue weighted by Gasteiger charge is -2.34. The molecule has 0 aromatic heterocycles. The van der Waals surface area contributed by atoms with Crippen LogP contribution in [0.1, 0.15) is 20.8 Å². The van der Waals surface area contributed by atoms with Gasteiger partial charge in [0, 0.05) is 11.8 Å². The van der Waals surface area contributed by atoms with Crippen molar-refractivity contribution in [3.05, 3.63) is 18.2 Å². The van der Waals surface area contributed by atoms with Crippen molar-refractivity contribution in [2.45, 2.75) is 32.1 Å². The number of benzene rings is 1. The van der Waals surface area contributed by atoms with Crippen molar-refractivity contribution >= 4 is 17.7 Å². The molecule has 0 radical (unpaired) electrons. The first-order valence-corrected chi connectivity index (χ1v) is 7.37. The van der Waals surface area contributed by atoms with Gasteiger partial charge in [-0.15, -0.1) is 0 Å². The lowest BCUT2D eigenvalue weighted by Crippen LogP contribution is -2.55. The molecule has 1 heterocycles. The van der Waals surface area contributed by atoms with Crippen LogP contribution >= 0.6 is 0 Å². The molecule has 1 aliphatic rings. The van der Waals surface area contributed by atoms with Crippen molar-refractivity contribution in [2.24, 2.45) is 0 Å². The second-order valence-corrected chi connectivity index (χ2v) is 6.10. The van der Waals surface area contributed by atoms with E-state index in [-0.39, 0.29) is 6.54 Å². The molecular weight excluding hydrogens is 316 g/mol. The van der Waals surface area contributed by atoms with E-state index in [9.17, 15) is 14.7 Å². The number of amides is 2. The third kappa shape index (κ3) is 3.09. The number of nitrogens with zero attached hydrogens (tertiary/aromatic N) is 1. The number of carbonyl (C=O) groups is 2. The number of hydrogen-bond donors (Lipinski definition) is 2. The van der Waals surface area contributed by atoms with Gasteiger partial charge in [0.25, 0.3) is 0 Å². The van der Waals surface area contributed by atoms with Crippen molar-refractivity contribution < 1.29 is 28.9 Å². The summed E-state index contributed by atoms with van der Waals surface area (Å²) in [5.41, 5.74) is -2.24. The Kier molecular flexibility index (Phi) is 4.61. The fourth-order valence-electron chi connectivity index (χ4n) is 2.35. The minimum Gasteiger partial charge on any atom is -0.493 e. The van der Waals surface area contributed by atoms with Crippen LogP contribution < -0.4 is 14.8 Å². The van der Waals surface area contributed by atoms with Gasteiger partial charge in [0.15, 0.2) is 22.8 Å². The smallest absolute Gasteiger partial charge is 0.413 e. The molecule has 24 heavy (non-hydrogen) atoms. The Morgan fingerprint density at radius 1 is 1.25 bits per heavy atom.